The molecule has 1 heterocycles. The highest BCUT2D eigenvalue weighted by atomic mass is 16.2. The van der Waals surface area contributed by atoms with Gasteiger partial charge in [0.25, 0.3) is 0 Å². The first kappa shape index (κ1) is 18.4. The van der Waals surface area contributed by atoms with Crippen LogP contribution in [0.1, 0.15) is 51.5 Å². The van der Waals surface area contributed by atoms with Crippen molar-refractivity contribution in [3.63, 3.8) is 0 Å². The number of carbonyl (C=O) groups is 1. The maximum Gasteiger partial charge on any atom is 0.240 e. The van der Waals surface area contributed by atoms with Crippen molar-refractivity contribution in [2.75, 3.05) is 13.6 Å². The lowest BCUT2D eigenvalue weighted by Crippen LogP contribution is -2.47. The van der Waals surface area contributed by atoms with E-state index in [-0.39, 0.29) is 6.04 Å². The Kier molecular flexibility index (Phi) is 6.13. The van der Waals surface area contributed by atoms with Crippen molar-refractivity contribution in [3.05, 3.63) is 35.9 Å². The summed E-state index contributed by atoms with van der Waals surface area (Å²) < 4.78 is 0. The number of nitrogens with zero attached hydrogens (tertiary/aromatic N) is 2. The van der Waals surface area contributed by atoms with Gasteiger partial charge in [-0.2, -0.15) is 0 Å². The van der Waals surface area contributed by atoms with Gasteiger partial charge < -0.3 is 10.2 Å². The molecule has 0 unspecified atom stereocenters. The fourth-order valence-corrected chi connectivity index (χ4v) is 4.34. The average Bonchev–Trinajstić information content (AvgIpc) is 2.97. The molecule has 3 rings (SSSR count). The van der Waals surface area contributed by atoms with Crippen LogP contribution in [0, 0.1) is 0 Å². The van der Waals surface area contributed by atoms with Crippen molar-refractivity contribution in [2.45, 2.75) is 76.7 Å². The maximum atomic E-state index is 12.5. The zero-order valence-electron chi connectivity index (χ0n) is 15.9. The number of rotatable bonds is 6. The fraction of sp³-hybridized carbons (Fsp3) is 0.667. The van der Waals surface area contributed by atoms with E-state index in [1.807, 2.05) is 4.90 Å². The molecule has 0 bridgehead atoms. The molecule has 1 aliphatic carbocycles. The van der Waals surface area contributed by atoms with Gasteiger partial charge in [0.05, 0.1) is 6.04 Å². The van der Waals surface area contributed by atoms with Gasteiger partial charge in [-0.1, -0.05) is 30.3 Å². The van der Waals surface area contributed by atoms with Crippen LogP contribution in [0.4, 0.5) is 0 Å². The van der Waals surface area contributed by atoms with E-state index in [0.29, 0.717) is 24.0 Å². The zero-order chi connectivity index (χ0) is 17.8. The van der Waals surface area contributed by atoms with Gasteiger partial charge in [-0.3, -0.25) is 9.69 Å². The number of hydrogen-bond donors (Lipinski definition) is 1. The first-order valence-electron chi connectivity index (χ1n) is 9.85. The molecule has 2 fully saturated rings. The molecule has 1 saturated heterocycles. The largest absolute Gasteiger partial charge is 0.339 e. The third kappa shape index (κ3) is 4.62. The van der Waals surface area contributed by atoms with Crippen LogP contribution in [0.15, 0.2) is 30.3 Å². The summed E-state index contributed by atoms with van der Waals surface area (Å²) in [6.07, 6.45) is 5.75. The minimum Gasteiger partial charge on any atom is -0.339 e. The minimum absolute atomic E-state index is 0.0472. The monoisotopic (exact) mass is 343 g/mol. The molecule has 1 aromatic carbocycles. The Morgan fingerprint density at radius 3 is 2.40 bits per heavy atom. The average molecular weight is 344 g/mol. The van der Waals surface area contributed by atoms with Crippen molar-refractivity contribution in [2.24, 2.45) is 0 Å². The van der Waals surface area contributed by atoms with E-state index in [1.54, 1.807) is 0 Å². The molecule has 4 nitrogen and oxygen atoms in total. The second-order valence-electron chi connectivity index (χ2n) is 8.04. The number of carbonyl (C=O) groups excluding carboxylic acids is 1. The van der Waals surface area contributed by atoms with Gasteiger partial charge in [0.2, 0.25) is 5.91 Å². The van der Waals surface area contributed by atoms with E-state index in [9.17, 15) is 4.79 Å². The predicted molar refractivity (Wildman–Crippen MR) is 102 cm³/mol. The Hall–Kier alpha value is -1.39. The van der Waals surface area contributed by atoms with E-state index in [2.05, 4.69) is 61.4 Å². The van der Waals surface area contributed by atoms with Crippen LogP contribution in [0.2, 0.25) is 0 Å². The summed E-state index contributed by atoms with van der Waals surface area (Å²) in [5, 5.41) is 3.65. The highest BCUT2D eigenvalue weighted by Gasteiger charge is 2.35. The lowest BCUT2D eigenvalue weighted by molar-refractivity contribution is -0.131. The standard InChI is InChI=1S/C21H33N3O/c1-16(2)24-14-13-20(21(24)25)22-18-9-11-19(12-10-18)23(3)15-17-7-5-4-6-8-17/h4-8,16,18-20,22H,9-15H2,1-3H3/t18?,19?,20-/m1/s1. The molecule has 1 saturated carbocycles. The van der Waals surface area contributed by atoms with E-state index in [4.69, 9.17) is 0 Å². The summed E-state index contributed by atoms with van der Waals surface area (Å²) in [7, 11) is 2.24. The second-order valence-corrected chi connectivity index (χ2v) is 8.04. The van der Waals surface area contributed by atoms with Crippen LogP contribution < -0.4 is 5.32 Å². The minimum atomic E-state index is 0.0472. The first-order valence-corrected chi connectivity index (χ1v) is 9.85. The van der Waals surface area contributed by atoms with Crippen molar-refractivity contribution < 1.29 is 4.79 Å². The Balaban J connectivity index is 1.44. The number of hydrogen-bond acceptors (Lipinski definition) is 3. The third-order valence-electron chi connectivity index (χ3n) is 5.89. The summed E-state index contributed by atoms with van der Waals surface area (Å²) in [5.41, 5.74) is 1.38. The van der Waals surface area contributed by atoms with Crippen molar-refractivity contribution in [1.82, 2.24) is 15.1 Å². The second kappa shape index (κ2) is 8.33. The number of benzene rings is 1. The predicted octanol–water partition coefficient (Wildman–Crippen LogP) is 3.03. The summed E-state index contributed by atoms with van der Waals surface area (Å²) in [5.74, 6) is 0.304. The SMILES string of the molecule is CC(C)N1CC[C@@H](NC2CCC(N(C)Cc3ccccc3)CC2)C1=O. The van der Waals surface area contributed by atoms with Gasteiger partial charge >= 0.3 is 0 Å². The Morgan fingerprint density at radius 2 is 1.80 bits per heavy atom. The first-order chi connectivity index (χ1) is 12.0. The molecule has 1 aliphatic heterocycles. The maximum absolute atomic E-state index is 12.5. The molecule has 0 spiro atoms. The van der Waals surface area contributed by atoms with Gasteiger partial charge in [0.15, 0.2) is 0 Å². The molecular formula is C21H33N3O. The molecular weight excluding hydrogens is 310 g/mol. The molecule has 4 heteroatoms. The Labute approximate surface area is 152 Å². The lowest BCUT2D eigenvalue weighted by atomic mass is 9.89. The summed E-state index contributed by atoms with van der Waals surface area (Å²) in [4.78, 5) is 17.0. The van der Waals surface area contributed by atoms with E-state index in [1.165, 1.54) is 31.2 Å². The Morgan fingerprint density at radius 1 is 1.12 bits per heavy atom. The van der Waals surface area contributed by atoms with Gasteiger partial charge in [0.1, 0.15) is 0 Å². The van der Waals surface area contributed by atoms with E-state index >= 15 is 0 Å². The zero-order valence-corrected chi connectivity index (χ0v) is 15.9. The number of nitrogens with one attached hydrogen (secondary N) is 1. The summed E-state index contributed by atoms with van der Waals surface area (Å²) in [6.45, 7) is 6.14. The van der Waals surface area contributed by atoms with E-state index in [0.717, 1.165) is 19.5 Å². The highest BCUT2D eigenvalue weighted by Crippen LogP contribution is 2.25. The molecule has 1 aromatic rings. The van der Waals surface area contributed by atoms with Crippen molar-refractivity contribution >= 4 is 5.91 Å². The molecule has 1 N–H and O–H groups in total. The van der Waals surface area contributed by atoms with E-state index < -0.39 is 0 Å². The number of amides is 1. The highest BCUT2D eigenvalue weighted by molar-refractivity contribution is 5.84. The smallest absolute Gasteiger partial charge is 0.240 e. The van der Waals surface area contributed by atoms with Gasteiger partial charge in [-0.05, 0) is 58.6 Å². The summed E-state index contributed by atoms with van der Waals surface area (Å²) in [6, 6.07) is 12.2. The topological polar surface area (TPSA) is 35.6 Å². The van der Waals surface area contributed by atoms with Crippen LogP contribution in [0.25, 0.3) is 0 Å². The molecule has 0 aromatic heterocycles. The molecule has 2 aliphatic rings. The lowest BCUT2D eigenvalue weighted by Gasteiger charge is -2.36. The molecule has 1 amide bonds. The quantitative estimate of drug-likeness (QED) is 0.862. The molecule has 1 atom stereocenters. The normalized spacial score (nSPS) is 27.5. The van der Waals surface area contributed by atoms with Crippen LogP contribution in [-0.2, 0) is 11.3 Å². The van der Waals surface area contributed by atoms with Crippen LogP contribution >= 0.6 is 0 Å². The van der Waals surface area contributed by atoms with Gasteiger partial charge in [0, 0.05) is 31.2 Å². The van der Waals surface area contributed by atoms with Crippen LogP contribution in [0.3, 0.4) is 0 Å². The molecule has 25 heavy (non-hydrogen) atoms. The number of likely N-dealkylation sites (tertiary alicyclic amines) is 1. The third-order valence-corrected chi connectivity index (χ3v) is 5.89. The molecule has 0 radical (unpaired) electrons. The van der Waals surface area contributed by atoms with Gasteiger partial charge in [-0.25, -0.2) is 0 Å². The van der Waals surface area contributed by atoms with Gasteiger partial charge in [-0.15, -0.1) is 0 Å². The van der Waals surface area contributed by atoms with Crippen LogP contribution in [-0.4, -0.2) is 53.5 Å². The summed E-state index contributed by atoms with van der Waals surface area (Å²) >= 11 is 0. The Bertz CT molecular complexity index is 552. The van der Waals surface area contributed by atoms with Crippen molar-refractivity contribution in [3.8, 4) is 0 Å². The molecule has 138 valence electrons. The fourth-order valence-electron chi connectivity index (χ4n) is 4.34. The van der Waals surface area contributed by atoms with Crippen LogP contribution in [0.5, 0.6) is 0 Å². The van der Waals surface area contributed by atoms with Crippen molar-refractivity contribution in [1.29, 1.82) is 0 Å².